The van der Waals surface area contributed by atoms with Crippen LogP contribution in [0.4, 0.5) is 11.4 Å². The maximum Gasteiger partial charge on any atom is 0.231 e. The Morgan fingerprint density at radius 1 is 0.925 bits per heavy atom. The predicted molar refractivity (Wildman–Crippen MR) is 153 cm³/mol. The van der Waals surface area contributed by atoms with Crippen molar-refractivity contribution in [2.75, 3.05) is 49.5 Å². The maximum absolute atomic E-state index is 12.3. The van der Waals surface area contributed by atoms with E-state index in [2.05, 4.69) is 61.5 Å². The van der Waals surface area contributed by atoms with Gasteiger partial charge in [0, 0.05) is 51.5 Å². The van der Waals surface area contributed by atoms with Crippen LogP contribution in [0.3, 0.4) is 0 Å². The molecular weight excluding hydrogens is 575 g/mol. The molecule has 40 heavy (non-hydrogen) atoms. The molecule has 0 radical (unpaired) electrons. The van der Waals surface area contributed by atoms with Gasteiger partial charge in [-0.3, -0.25) is 14.6 Å². The molecule has 10 nitrogen and oxygen atoms in total. The minimum atomic E-state index is -4.83. The summed E-state index contributed by atoms with van der Waals surface area (Å²) in [6.45, 7) is 8.46. The molecular formula is C29H35AsN4O6. The van der Waals surface area contributed by atoms with Crippen LogP contribution < -0.4 is 14.6 Å². The molecule has 0 aliphatic carbocycles. The largest absolute Gasteiger partial charge is 0.311 e. The summed E-state index contributed by atoms with van der Waals surface area (Å²) in [6, 6.07) is 24.5. The van der Waals surface area contributed by atoms with Gasteiger partial charge in [-0.2, -0.15) is 0 Å². The fraction of sp³-hybridized carbons (Fsp3) is 0.310. The Labute approximate surface area is 237 Å². The number of piperazine rings is 1. The molecule has 2 aliphatic heterocycles. The summed E-state index contributed by atoms with van der Waals surface area (Å²) in [5.41, 5.74) is 4.03. The third-order valence-electron chi connectivity index (χ3n) is 6.88. The van der Waals surface area contributed by atoms with Crippen molar-refractivity contribution in [3.05, 3.63) is 90.0 Å². The second-order valence-corrected chi connectivity index (χ2v) is 13.4. The van der Waals surface area contributed by atoms with Crippen molar-refractivity contribution in [1.29, 1.82) is 0 Å². The molecule has 0 saturated carbocycles. The van der Waals surface area contributed by atoms with Gasteiger partial charge in [-0.1, -0.05) is 48.5 Å². The van der Waals surface area contributed by atoms with E-state index in [4.69, 9.17) is 5.26 Å². The van der Waals surface area contributed by atoms with Crippen LogP contribution in [0.15, 0.2) is 78.9 Å². The molecule has 11 heteroatoms. The van der Waals surface area contributed by atoms with Crippen molar-refractivity contribution in [2.24, 2.45) is 0 Å². The monoisotopic (exact) mass is 610 g/mol. The molecule has 3 aromatic carbocycles. The van der Waals surface area contributed by atoms with Crippen LogP contribution in [0.25, 0.3) is 0 Å². The Balaban J connectivity index is 0.000000212. The van der Waals surface area contributed by atoms with Gasteiger partial charge >= 0.3 is 88.4 Å². The molecule has 0 spiro atoms. The van der Waals surface area contributed by atoms with Crippen LogP contribution in [0.2, 0.25) is 0 Å². The third-order valence-corrected chi connectivity index (χ3v) is 9.30. The van der Waals surface area contributed by atoms with Gasteiger partial charge in [-0.05, 0) is 17.2 Å². The van der Waals surface area contributed by atoms with Gasteiger partial charge in [-0.25, -0.2) is 0 Å². The topological polar surface area (TPSA) is 123 Å². The summed E-state index contributed by atoms with van der Waals surface area (Å²) in [7, 11) is 0. The Hall–Kier alpha value is -3.24. The van der Waals surface area contributed by atoms with Crippen LogP contribution in [-0.2, 0) is 30.2 Å². The number of nitrogens with one attached hydrogen (secondary N) is 1. The Kier molecular flexibility index (Phi) is 10.3. The number of nitrogens with zero attached hydrogens (tertiary/aromatic N) is 3. The molecule has 3 N–H and O–H groups in total. The second kappa shape index (κ2) is 13.9. The summed E-state index contributed by atoms with van der Waals surface area (Å²) in [4.78, 5) is 29.9. The molecule has 2 aliphatic rings. The second-order valence-electron chi connectivity index (χ2n) is 9.79. The number of rotatable bonds is 8. The average molecular weight is 611 g/mol. The minimum Gasteiger partial charge on any atom is -0.311 e. The van der Waals surface area contributed by atoms with Gasteiger partial charge in [0.25, 0.3) is 0 Å². The van der Waals surface area contributed by atoms with Crippen LogP contribution in [0.5, 0.6) is 0 Å². The van der Waals surface area contributed by atoms with E-state index in [0.717, 1.165) is 51.5 Å². The van der Waals surface area contributed by atoms with E-state index in [9.17, 15) is 17.4 Å². The molecule has 1 saturated heterocycles. The predicted octanol–water partition coefficient (Wildman–Crippen LogP) is 2.10. The van der Waals surface area contributed by atoms with Crippen LogP contribution in [0.1, 0.15) is 18.1 Å². The number of hydrogen-bond donors (Lipinski definition) is 3. The number of carbonyl (C=O) groups is 2. The molecule has 3 aromatic rings. The van der Waals surface area contributed by atoms with E-state index < -0.39 is 14.2 Å². The van der Waals surface area contributed by atoms with Crippen molar-refractivity contribution in [1.82, 2.24) is 9.80 Å². The first-order chi connectivity index (χ1) is 19.2. The molecule has 212 valence electrons. The molecule has 1 fully saturated rings. The smallest absolute Gasteiger partial charge is 0.231 e. The molecule has 1 unspecified atom stereocenters. The average Bonchev–Trinajstić information content (AvgIpc) is 3.28. The van der Waals surface area contributed by atoms with E-state index in [1.807, 2.05) is 17.0 Å². The van der Waals surface area contributed by atoms with Crippen molar-refractivity contribution in [3.8, 4) is 0 Å². The quantitative estimate of drug-likeness (QED) is 0.202. The van der Waals surface area contributed by atoms with Gasteiger partial charge in [0.1, 0.15) is 0 Å². The van der Waals surface area contributed by atoms with Crippen molar-refractivity contribution < 1.29 is 26.6 Å². The summed E-state index contributed by atoms with van der Waals surface area (Å²) in [6.07, 6.45) is 0.557. The number of para-hydroxylation sites is 1. The standard InChI is InChI=1S/C21H25N3O.C8H10AsNO5/c25-21-16-19-8-4-5-9-20(19)24(21)15-14-22-10-12-23(13-11-22)17-18-6-2-1-3-7-18;1-6(11)10-8-4-2-3-7(5-8)9(12,13)15-14/h1-9H,10-17H2;2-5,14H,1H3,(H,10,11)(H,12,13). The summed E-state index contributed by atoms with van der Waals surface area (Å²) in [5, 5.41) is 10.7. The summed E-state index contributed by atoms with van der Waals surface area (Å²) in [5.74, 6) is -0.0546. The van der Waals surface area contributed by atoms with E-state index in [0.29, 0.717) is 12.1 Å². The maximum atomic E-state index is 12.3. The normalized spacial score (nSPS) is 17.0. The molecule has 0 bridgehead atoms. The number of hydrogen-bond acceptors (Lipinski definition) is 7. The minimum absolute atomic E-state index is 0.0399. The fourth-order valence-electron chi connectivity index (χ4n) is 4.83. The fourth-order valence-corrected chi connectivity index (χ4v) is 6.23. The Morgan fingerprint density at radius 3 is 2.30 bits per heavy atom. The van der Waals surface area contributed by atoms with Gasteiger partial charge in [0.15, 0.2) is 0 Å². The first-order valence-corrected chi connectivity index (χ1v) is 16.5. The van der Waals surface area contributed by atoms with Gasteiger partial charge in [0.05, 0.1) is 6.42 Å². The van der Waals surface area contributed by atoms with Crippen molar-refractivity contribution in [2.45, 2.75) is 19.9 Å². The van der Waals surface area contributed by atoms with Crippen molar-refractivity contribution >= 4 is 41.7 Å². The molecule has 2 heterocycles. The number of anilines is 2. The van der Waals surface area contributed by atoms with E-state index in [-0.39, 0.29) is 16.2 Å². The van der Waals surface area contributed by atoms with E-state index in [1.165, 1.54) is 36.2 Å². The number of benzene rings is 3. The van der Waals surface area contributed by atoms with Crippen LogP contribution >= 0.6 is 0 Å². The van der Waals surface area contributed by atoms with Gasteiger partial charge in [0.2, 0.25) is 5.91 Å². The SMILES string of the molecule is CC(=O)Nc1cccc([As](=O)(O)OO)c1.O=C1Cc2ccccc2N1CCN1CCN(Cc2ccccc2)CC1. The summed E-state index contributed by atoms with van der Waals surface area (Å²) < 4.78 is 23.9. The number of carbonyl (C=O) groups excluding carboxylic acids is 2. The molecule has 0 aromatic heterocycles. The zero-order chi connectivity index (χ0) is 28.5. The Bertz CT molecular complexity index is 1350. The third kappa shape index (κ3) is 8.14. The van der Waals surface area contributed by atoms with Crippen LogP contribution in [-0.4, -0.2) is 84.4 Å². The summed E-state index contributed by atoms with van der Waals surface area (Å²) >= 11 is -4.83. The zero-order valence-corrected chi connectivity index (χ0v) is 24.4. The molecule has 5 rings (SSSR count). The van der Waals surface area contributed by atoms with Gasteiger partial charge in [-0.15, -0.1) is 0 Å². The zero-order valence-electron chi connectivity index (χ0n) is 22.5. The number of amides is 2. The first kappa shape index (κ1) is 29.7. The first-order valence-electron chi connectivity index (χ1n) is 13.2. The Morgan fingerprint density at radius 2 is 1.60 bits per heavy atom. The van der Waals surface area contributed by atoms with Gasteiger partial charge < -0.3 is 4.90 Å². The molecule has 2 amide bonds. The van der Waals surface area contributed by atoms with E-state index in [1.54, 1.807) is 6.07 Å². The van der Waals surface area contributed by atoms with E-state index >= 15 is 0 Å². The number of fused-ring (bicyclic) bond motifs is 1. The molecule has 1 atom stereocenters. The van der Waals surface area contributed by atoms with Crippen molar-refractivity contribution in [3.63, 3.8) is 0 Å². The van der Waals surface area contributed by atoms with Crippen LogP contribution in [0, 0.1) is 0 Å².